The van der Waals surface area contributed by atoms with Crippen LogP contribution in [-0.4, -0.2) is 13.1 Å². The summed E-state index contributed by atoms with van der Waals surface area (Å²) in [5.41, 5.74) is 1.02. The molecule has 1 rings (SSSR count). The fraction of sp³-hybridized carbons (Fsp3) is 0.750. The minimum Gasteiger partial charge on any atom is -0.469 e. The molecule has 1 aliphatic rings. The number of rotatable bonds is 2. The summed E-state index contributed by atoms with van der Waals surface area (Å²) in [5.74, 6) is 0.233. The van der Waals surface area contributed by atoms with Crippen molar-refractivity contribution in [2.75, 3.05) is 7.11 Å². The summed E-state index contributed by atoms with van der Waals surface area (Å²) in [4.78, 5) is 11.6. The molecule has 1 atom stereocenters. The average Bonchev–Trinajstić information content (AvgIpc) is 2.16. The van der Waals surface area contributed by atoms with Gasteiger partial charge in [0.05, 0.1) is 12.5 Å². The summed E-state index contributed by atoms with van der Waals surface area (Å²) in [6.45, 7) is 6.08. The van der Waals surface area contributed by atoms with Crippen LogP contribution in [-0.2, 0) is 9.53 Å². The van der Waals surface area contributed by atoms with Crippen LogP contribution < -0.4 is 0 Å². The predicted molar refractivity (Wildman–Crippen MR) is 56.9 cm³/mol. The topological polar surface area (TPSA) is 26.3 Å². The number of hydrogen-bond acceptors (Lipinski definition) is 2. The van der Waals surface area contributed by atoms with Crippen molar-refractivity contribution in [3.63, 3.8) is 0 Å². The molecule has 0 bridgehead atoms. The van der Waals surface area contributed by atoms with Crippen LogP contribution in [0.1, 0.15) is 40.0 Å². The van der Waals surface area contributed by atoms with E-state index >= 15 is 0 Å². The first-order chi connectivity index (χ1) is 6.48. The van der Waals surface area contributed by atoms with Crippen molar-refractivity contribution in [3.8, 4) is 0 Å². The molecule has 0 aromatic heterocycles. The third-order valence-corrected chi connectivity index (χ3v) is 3.21. The van der Waals surface area contributed by atoms with Crippen LogP contribution in [0.3, 0.4) is 0 Å². The van der Waals surface area contributed by atoms with E-state index in [2.05, 4.69) is 13.0 Å². The zero-order chi connectivity index (χ0) is 10.8. The molecule has 80 valence electrons. The third kappa shape index (κ3) is 2.17. The van der Waals surface area contributed by atoms with Crippen LogP contribution in [0.2, 0.25) is 0 Å². The van der Waals surface area contributed by atoms with Crippen LogP contribution in [0.4, 0.5) is 0 Å². The van der Waals surface area contributed by atoms with E-state index in [1.54, 1.807) is 0 Å². The summed E-state index contributed by atoms with van der Waals surface area (Å²) >= 11 is 0. The Hall–Kier alpha value is -0.790. The largest absolute Gasteiger partial charge is 0.469 e. The summed E-state index contributed by atoms with van der Waals surface area (Å²) in [5, 5.41) is 0. The first-order valence-corrected chi connectivity index (χ1v) is 5.24. The number of carbonyl (C=O) groups excluding carboxylic acids is 1. The highest BCUT2D eigenvalue weighted by Crippen LogP contribution is 2.37. The van der Waals surface area contributed by atoms with Gasteiger partial charge in [0.25, 0.3) is 0 Å². The number of hydrogen-bond donors (Lipinski definition) is 0. The Morgan fingerprint density at radius 3 is 2.71 bits per heavy atom. The maximum Gasteiger partial charge on any atom is 0.311 e. The molecule has 2 heteroatoms. The smallest absolute Gasteiger partial charge is 0.311 e. The molecule has 0 aliphatic heterocycles. The van der Waals surface area contributed by atoms with Crippen molar-refractivity contribution >= 4 is 5.97 Å². The van der Waals surface area contributed by atoms with Crippen molar-refractivity contribution in [1.82, 2.24) is 0 Å². The highest BCUT2D eigenvalue weighted by molar-refractivity contribution is 5.76. The van der Waals surface area contributed by atoms with Crippen LogP contribution >= 0.6 is 0 Å². The van der Waals surface area contributed by atoms with Gasteiger partial charge in [-0.2, -0.15) is 0 Å². The molecule has 0 saturated heterocycles. The standard InChI is InChI=1S/C12H20O2/c1-9-6-5-7-10(8-9)12(2,3)11(13)14-4/h8,10H,5-7H2,1-4H3. The predicted octanol–water partition coefficient (Wildman–Crippen LogP) is 2.93. The molecule has 0 aromatic carbocycles. The molecule has 0 fully saturated rings. The van der Waals surface area contributed by atoms with Gasteiger partial charge in [-0.15, -0.1) is 0 Å². The Labute approximate surface area is 86.3 Å². The quantitative estimate of drug-likeness (QED) is 0.501. The van der Waals surface area contributed by atoms with E-state index in [9.17, 15) is 4.79 Å². The second kappa shape index (κ2) is 4.16. The lowest BCUT2D eigenvalue weighted by molar-refractivity contribution is -0.153. The first-order valence-electron chi connectivity index (χ1n) is 5.24. The highest BCUT2D eigenvalue weighted by Gasteiger charge is 2.37. The van der Waals surface area contributed by atoms with Gasteiger partial charge in [0.2, 0.25) is 0 Å². The fourth-order valence-corrected chi connectivity index (χ4v) is 2.09. The molecule has 0 saturated carbocycles. The Kier molecular flexibility index (Phi) is 3.35. The second-order valence-corrected chi connectivity index (χ2v) is 4.73. The lowest BCUT2D eigenvalue weighted by Gasteiger charge is -2.32. The molecule has 1 unspecified atom stereocenters. The number of methoxy groups -OCH3 is 1. The van der Waals surface area contributed by atoms with Crippen molar-refractivity contribution < 1.29 is 9.53 Å². The van der Waals surface area contributed by atoms with Crippen LogP contribution in [0.5, 0.6) is 0 Å². The van der Waals surface area contributed by atoms with E-state index in [-0.39, 0.29) is 11.4 Å². The minimum atomic E-state index is -0.379. The maximum atomic E-state index is 11.6. The summed E-state index contributed by atoms with van der Waals surface area (Å²) in [6.07, 6.45) is 5.70. The van der Waals surface area contributed by atoms with Crippen molar-refractivity contribution in [3.05, 3.63) is 11.6 Å². The van der Waals surface area contributed by atoms with Gasteiger partial charge < -0.3 is 4.74 Å². The SMILES string of the molecule is COC(=O)C(C)(C)C1C=C(C)CCC1. The van der Waals surface area contributed by atoms with E-state index in [4.69, 9.17) is 4.74 Å². The Bertz CT molecular complexity index is 251. The minimum absolute atomic E-state index is 0.103. The lowest BCUT2D eigenvalue weighted by atomic mass is 9.73. The Balaban J connectivity index is 2.81. The van der Waals surface area contributed by atoms with Crippen LogP contribution in [0.15, 0.2) is 11.6 Å². The zero-order valence-corrected chi connectivity index (χ0v) is 9.59. The van der Waals surface area contributed by atoms with E-state index < -0.39 is 0 Å². The summed E-state index contributed by atoms with van der Waals surface area (Å²) < 4.78 is 4.84. The molecule has 0 amide bonds. The van der Waals surface area contributed by atoms with Gasteiger partial charge >= 0.3 is 5.97 Å². The number of ether oxygens (including phenoxy) is 1. The lowest BCUT2D eigenvalue weighted by Crippen LogP contribution is -2.34. The van der Waals surface area contributed by atoms with Crippen molar-refractivity contribution in [2.45, 2.75) is 40.0 Å². The van der Waals surface area contributed by atoms with E-state index in [1.807, 2.05) is 13.8 Å². The molecule has 14 heavy (non-hydrogen) atoms. The molecule has 0 radical (unpaired) electrons. The van der Waals surface area contributed by atoms with E-state index in [0.717, 1.165) is 6.42 Å². The highest BCUT2D eigenvalue weighted by atomic mass is 16.5. The molecule has 2 nitrogen and oxygen atoms in total. The van der Waals surface area contributed by atoms with Gasteiger partial charge in [-0.3, -0.25) is 4.79 Å². The second-order valence-electron chi connectivity index (χ2n) is 4.73. The van der Waals surface area contributed by atoms with E-state index in [1.165, 1.54) is 25.5 Å². The number of allylic oxidation sites excluding steroid dienone is 2. The molecule has 1 aliphatic carbocycles. The molecular formula is C12H20O2. The maximum absolute atomic E-state index is 11.6. The third-order valence-electron chi connectivity index (χ3n) is 3.21. The van der Waals surface area contributed by atoms with Gasteiger partial charge in [0.1, 0.15) is 0 Å². The fourth-order valence-electron chi connectivity index (χ4n) is 2.09. The average molecular weight is 196 g/mol. The Morgan fingerprint density at radius 1 is 1.57 bits per heavy atom. The van der Waals surface area contributed by atoms with Crippen LogP contribution in [0, 0.1) is 11.3 Å². The van der Waals surface area contributed by atoms with Crippen molar-refractivity contribution in [2.24, 2.45) is 11.3 Å². The molecule has 0 N–H and O–H groups in total. The van der Waals surface area contributed by atoms with Gasteiger partial charge in [-0.25, -0.2) is 0 Å². The van der Waals surface area contributed by atoms with Gasteiger partial charge in [-0.1, -0.05) is 11.6 Å². The molecule has 0 heterocycles. The Morgan fingerprint density at radius 2 is 2.21 bits per heavy atom. The van der Waals surface area contributed by atoms with Gasteiger partial charge in [-0.05, 0) is 46.0 Å². The number of esters is 1. The molecule has 0 spiro atoms. The monoisotopic (exact) mass is 196 g/mol. The first kappa shape index (κ1) is 11.3. The normalized spacial score (nSPS) is 22.9. The van der Waals surface area contributed by atoms with Crippen LogP contribution in [0.25, 0.3) is 0 Å². The van der Waals surface area contributed by atoms with E-state index in [0.29, 0.717) is 5.92 Å². The summed E-state index contributed by atoms with van der Waals surface area (Å²) in [6, 6.07) is 0. The summed E-state index contributed by atoms with van der Waals surface area (Å²) in [7, 11) is 1.46. The zero-order valence-electron chi connectivity index (χ0n) is 9.59. The number of carbonyl (C=O) groups is 1. The molecular weight excluding hydrogens is 176 g/mol. The van der Waals surface area contributed by atoms with Gasteiger partial charge in [0, 0.05) is 0 Å². The van der Waals surface area contributed by atoms with Crippen molar-refractivity contribution in [1.29, 1.82) is 0 Å². The molecule has 0 aromatic rings. The van der Waals surface area contributed by atoms with Gasteiger partial charge in [0.15, 0.2) is 0 Å².